The van der Waals surface area contributed by atoms with Crippen molar-refractivity contribution in [3.05, 3.63) is 47.8 Å². The molecule has 0 spiro atoms. The van der Waals surface area contributed by atoms with Gasteiger partial charge in [0.15, 0.2) is 0 Å². The Kier molecular flexibility index (Phi) is 5.70. The van der Waals surface area contributed by atoms with E-state index in [1.165, 1.54) is 10.4 Å². The molecule has 0 radical (unpaired) electrons. The van der Waals surface area contributed by atoms with Crippen LogP contribution in [-0.2, 0) is 6.42 Å². The zero-order chi connectivity index (χ0) is 17.0. The number of rotatable bonds is 7. The molecule has 1 heterocycles. The van der Waals surface area contributed by atoms with Crippen molar-refractivity contribution in [2.75, 3.05) is 42.3 Å². The van der Waals surface area contributed by atoms with E-state index < -0.39 is 7.94 Å². The number of hydrogen-bond acceptors (Lipinski definition) is 6. The molecular weight excluding hydrogens is 311 g/mol. The quantitative estimate of drug-likeness (QED) is 0.711. The van der Waals surface area contributed by atoms with Gasteiger partial charge in [-0.3, -0.25) is 0 Å². The molecule has 0 aliphatic carbocycles. The molecule has 0 bridgehead atoms. The van der Waals surface area contributed by atoms with Crippen LogP contribution in [0.3, 0.4) is 0 Å². The van der Waals surface area contributed by atoms with Gasteiger partial charge in [0.05, 0.1) is 0 Å². The molecule has 0 fully saturated rings. The first kappa shape index (κ1) is 17.8. The van der Waals surface area contributed by atoms with Crippen molar-refractivity contribution in [1.82, 2.24) is 29.2 Å². The minimum absolute atomic E-state index is 0.741. The van der Waals surface area contributed by atoms with Gasteiger partial charge in [-0.2, -0.15) is 0 Å². The van der Waals surface area contributed by atoms with Gasteiger partial charge in [0.2, 0.25) is 0 Å². The first-order valence-corrected chi connectivity index (χ1v) is 9.28. The van der Waals surface area contributed by atoms with Gasteiger partial charge in [0.1, 0.15) is 0 Å². The minimum atomic E-state index is -2.49. The predicted molar refractivity (Wildman–Crippen MR) is 95.2 cm³/mol. The number of hydrogen-bond donors (Lipinski definition) is 0. The summed E-state index contributed by atoms with van der Waals surface area (Å²) in [5.41, 5.74) is 2.09. The van der Waals surface area contributed by atoms with Gasteiger partial charge in [0.25, 0.3) is 0 Å². The van der Waals surface area contributed by atoms with E-state index in [-0.39, 0.29) is 0 Å². The molecular formula is C15H27N6OP. The Labute approximate surface area is 139 Å². The Morgan fingerprint density at radius 1 is 0.957 bits per heavy atom. The van der Waals surface area contributed by atoms with Crippen molar-refractivity contribution in [2.24, 2.45) is 0 Å². The number of aromatic nitrogens is 3. The summed E-state index contributed by atoms with van der Waals surface area (Å²) in [5, 5.41) is 8.37. The SMILES string of the molecule is CN(C)[PH](On1cc(Cc2ccccc2)nn1)(N(C)C)N(C)C. The summed E-state index contributed by atoms with van der Waals surface area (Å²) in [5.74, 6) is 0. The van der Waals surface area contributed by atoms with E-state index in [2.05, 4.69) is 36.5 Å². The second-order valence-corrected chi connectivity index (χ2v) is 10.1. The third kappa shape index (κ3) is 3.87. The maximum absolute atomic E-state index is 6.26. The van der Waals surface area contributed by atoms with Gasteiger partial charge in [-0.15, -0.1) is 0 Å². The van der Waals surface area contributed by atoms with Gasteiger partial charge in [-0.1, -0.05) is 0 Å². The average molecular weight is 338 g/mol. The second kappa shape index (κ2) is 7.36. The van der Waals surface area contributed by atoms with Crippen molar-refractivity contribution < 1.29 is 4.62 Å². The molecule has 0 saturated carbocycles. The van der Waals surface area contributed by atoms with Crippen LogP contribution in [0, 0.1) is 0 Å². The van der Waals surface area contributed by atoms with Crippen molar-refractivity contribution >= 4 is 7.94 Å². The second-order valence-electron chi connectivity index (χ2n) is 6.12. The standard InChI is InChI=1S/C15H27N6OP/c1-18(2)23(19(3)4,20(5)6)22-21-13-15(16-17-21)12-14-10-8-7-9-11-14/h7-11,13,23H,12H2,1-6H3. The number of nitrogens with zero attached hydrogens (tertiary/aromatic N) is 6. The zero-order valence-electron chi connectivity index (χ0n) is 14.8. The Hall–Kier alpha value is -1.53. The van der Waals surface area contributed by atoms with Crippen molar-refractivity contribution in [1.29, 1.82) is 0 Å². The fourth-order valence-corrected chi connectivity index (χ4v) is 6.01. The summed E-state index contributed by atoms with van der Waals surface area (Å²) in [6.45, 7) is 0. The summed E-state index contributed by atoms with van der Waals surface area (Å²) in [4.78, 5) is 1.49. The molecule has 1 aromatic heterocycles. The fourth-order valence-electron chi connectivity index (χ4n) is 2.78. The van der Waals surface area contributed by atoms with Crippen LogP contribution >= 0.6 is 7.94 Å². The van der Waals surface area contributed by atoms with Crippen LogP contribution in [0.25, 0.3) is 0 Å². The Morgan fingerprint density at radius 3 is 2.04 bits per heavy atom. The fraction of sp³-hybridized carbons (Fsp3) is 0.467. The monoisotopic (exact) mass is 338 g/mol. The summed E-state index contributed by atoms with van der Waals surface area (Å²) in [7, 11) is 9.64. The molecule has 2 aromatic rings. The normalized spacial score (nSPS) is 13.1. The van der Waals surface area contributed by atoms with Crippen molar-refractivity contribution in [2.45, 2.75) is 6.42 Å². The van der Waals surface area contributed by atoms with Gasteiger partial charge in [0, 0.05) is 0 Å². The molecule has 0 aliphatic rings. The molecule has 8 heteroatoms. The van der Waals surface area contributed by atoms with E-state index in [4.69, 9.17) is 4.62 Å². The zero-order valence-corrected chi connectivity index (χ0v) is 15.8. The Morgan fingerprint density at radius 2 is 1.52 bits per heavy atom. The van der Waals surface area contributed by atoms with E-state index in [9.17, 15) is 0 Å². The summed E-state index contributed by atoms with van der Waals surface area (Å²) >= 11 is 0. The van der Waals surface area contributed by atoms with Gasteiger partial charge < -0.3 is 0 Å². The molecule has 0 unspecified atom stereocenters. The third-order valence-electron chi connectivity index (χ3n) is 3.71. The van der Waals surface area contributed by atoms with E-state index in [0.29, 0.717) is 0 Å². The summed E-state index contributed by atoms with van der Waals surface area (Å²) in [6, 6.07) is 10.2. The summed E-state index contributed by atoms with van der Waals surface area (Å²) in [6.07, 6.45) is 2.59. The first-order chi connectivity index (χ1) is 10.9. The molecule has 1 aromatic carbocycles. The van der Waals surface area contributed by atoms with Crippen LogP contribution in [0.5, 0.6) is 0 Å². The van der Waals surface area contributed by atoms with Gasteiger partial charge in [-0.05, 0) is 0 Å². The Bertz CT molecular complexity index is 592. The molecule has 23 heavy (non-hydrogen) atoms. The predicted octanol–water partition coefficient (Wildman–Crippen LogP) is 1.39. The van der Waals surface area contributed by atoms with Crippen LogP contribution in [0.1, 0.15) is 11.3 Å². The first-order valence-electron chi connectivity index (χ1n) is 7.53. The van der Waals surface area contributed by atoms with Crippen LogP contribution in [-0.4, -0.2) is 71.5 Å². The molecule has 2 rings (SSSR count). The molecule has 0 saturated heterocycles. The van der Waals surface area contributed by atoms with E-state index in [0.717, 1.165) is 12.1 Å². The molecule has 0 amide bonds. The Balaban J connectivity index is 2.19. The third-order valence-corrected chi connectivity index (χ3v) is 7.64. The van der Waals surface area contributed by atoms with Crippen LogP contribution in [0.2, 0.25) is 0 Å². The van der Waals surface area contributed by atoms with E-state index in [1.807, 2.05) is 66.7 Å². The number of benzene rings is 1. The molecule has 128 valence electrons. The van der Waals surface area contributed by atoms with Crippen LogP contribution < -0.4 is 4.62 Å². The molecule has 7 nitrogen and oxygen atoms in total. The van der Waals surface area contributed by atoms with E-state index >= 15 is 0 Å². The van der Waals surface area contributed by atoms with Crippen molar-refractivity contribution in [3.63, 3.8) is 0 Å². The van der Waals surface area contributed by atoms with Gasteiger partial charge in [-0.25, -0.2) is 0 Å². The van der Waals surface area contributed by atoms with Crippen LogP contribution in [0.4, 0.5) is 0 Å². The molecule has 0 N–H and O–H groups in total. The maximum atomic E-state index is 6.26. The topological polar surface area (TPSA) is 49.7 Å². The van der Waals surface area contributed by atoms with Gasteiger partial charge >= 0.3 is 138 Å². The molecule has 0 aliphatic heterocycles. The average Bonchev–Trinajstić information content (AvgIpc) is 2.91. The van der Waals surface area contributed by atoms with Crippen molar-refractivity contribution in [3.8, 4) is 0 Å². The summed E-state index contributed by atoms with van der Waals surface area (Å²) < 4.78 is 12.6. The van der Waals surface area contributed by atoms with Crippen LogP contribution in [0.15, 0.2) is 36.5 Å². The van der Waals surface area contributed by atoms with E-state index in [1.54, 1.807) is 0 Å². The molecule has 0 atom stereocenters.